The standard InChI is InChI=1S/C31H26O5/c1-3-34-29(32)30-25-14-8-9-15-26(25)31(36-30,22-11-5-4-6-12-22)35-27-16-10-7-13-24(27)28(30)21-17-19-23(33-2)20-18-21/h4-20,28H,3H2,1-2H3/t28-,30+,31-/m1/s1. The number of rotatable bonds is 5. The normalized spacial score (nSPS) is 23.6. The molecule has 4 aromatic carbocycles. The number of carbonyl (C=O) groups excluding carboxylic acids is 1. The zero-order valence-electron chi connectivity index (χ0n) is 20.1. The lowest BCUT2D eigenvalue weighted by Crippen LogP contribution is -2.45. The number of fused-ring (bicyclic) bond motifs is 6. The molecule has 2 bridgehead atoms. The van der Waals surface area contributed by atoms with Crippen LogP contribution in [-0.2, 0) is 25.7 Å². The summed E-state index contributed by atoms with van der Waals surface area (Å²) in [5, 5.41) is 0. The molecule has 0 radical (unpaired) electrons. The van der Waals surface area contributed by atoms with E-state index in [2.05, 4.69) is 0 Å². The van der Waals surface area contributed by atoms with Gasteiger partial charge in [-0.25, -0.2) is 4.79 Å². The maximum absolute atomic E-state index is 14.2. The Labute approximate surface area is 210 Å². The van der Waals surface area contributed by atoms with Crippen LogP contribution in [0.1, 0.15) is 40.7 Å². The molecule has 2 aliphatic heterocycles. The van der Waals surface area contributed by atoms with Crippen LogP contribution < -0.4 is 9.47 Å². The van der Waals surface area contributed by atoms with Crippen molar-refractivity contribution in [2.24, 2.45) is 0 Å². The van der Waals surface area contributed by atoms with E-state index in [4.69, 9.17) is 18.9 Å². The van der Waals surface area contributed by atoms with Crippen molar-refractivity contribution in [2.45, 2.75) is 24.2 Å². The molecule has 5 nitrogen and oxygen atoms in total. The Morgan fingerprint density at radius 2 is 1.50 bits per heavy atom. The summed E-state index contributed by atoms with van der Waals surface area (Å²) in [6.07, 6.45) is 0. The fraction of sp³-hybridized carbons (Fsp3) is 0.194. The third-order valence-electron chi connectivity index (χ3n) is 7.06. The summed E-state index contributed by atoms with van der Waals surface area (Å²) in [6, 6.07) is 33.1. The van der Waals surface area contributed by atoms with Crippen LogP contribution in [0.2, 0.25) is 0 Å². The van der Waals surface area contributed by atoms with Gasteiger partial charge in [0.2, 0.25) is 5.60 Å². The summed E-state index contributed by atoms with van der Waals surface area (Å²) >= 11 is 0. The first-order chi connectivity index (χ1) is 17.6. The highest BCUT2D eigenvalue weighted by Crippen LogP contribution is 2.62. The molecule has 0 saturated heterocycles. The average molecular weight is 479 g/mol. The van der Waals surface area contributed by atoms with Gasteiger partial charge in [-0.3, -0.25) is 0 Å². The molecule has 5 heteroatoms. The van der Waals surface area contributed by atoms with E-state index in [-0.39, 0.29) is 6.61 Å². The van der Waals surface area contributed by atoms with Crippen LogP contribution in [0.25, 0.3) is 0 Å². The van der Waals surface area contributed by atoms with Crippen LogP contribution >= 0.6 is 0 Å². The molecule has 0 amide bonds. The van der Waals surface area contributed by atoms with Crippen LogP contribution in [0.4, 0.5) is 0 Å². The Bertz CT molecular complexity index is 1410. The molecule has 0 spiro atoms. The minimum absolute atomic E-state index is 0.224. The number of ether oxygens (including phenoxy) is 4. The SMILES string of the molecule is CCOC(=O)[C@@]12O[C@@](c3ccccc3)(Oc3ccccc3[C@H]1c1ccc(OC)cc1)c1ccccc12. The molecule has 4 aromatic rings. The molecule has 180 valence electrons. The van der Waals surface area contributed by atoms with E-state index >= 15 is 0 Å². The van der Waals surface area contributed by atoms with Crippen molar-refractivity contribution in [1.82, 2.24) is 0 Å². The zero-order valence-corrected chi connectivity index (χ0v) is 20.1. The summed E-state index contributed by atoms with van der Waals surface area (Å²) < 4.78 is 25.1. The van der Waals surface area contributed by atoms with Gasteiger partial charge in [0.15, 0.2) is 0 Å². The monoisotopic (exact) mass is 478 g/mol. The fourth-order valence-corrected chi connectivity index (χ4v) is 5.56. The van der Waals surface area contributed by atoms with Gasteiger partial charge >= 0.3 is 5.97 Å². The predicted octanol–water partition coefficient (Wildman–Crippen LogP) is 5.91. The van der Waals surface area contributed by atoms with E-state index in [9.17, 15) is 4.79 Å². The molecule has 2 heterocycles. The molecule has 6 rings (SSSR count). The van der Waals surface area contributed by atoms with Crippen LogP contribution in [0.15, 0.2) is 103 Å². The first-order valence-electron chi connectivity index (χ1n) is 12.1. The fourth-order valence-electron chi connectivity index (χ4n) is 5.56. The molecule has 0 fully saturated rings. The van der Waals surface area contributed by atoms with Gasteiger partial charge in [-0.05, 0) is 30.7 Å². The summed E-state index contributed by atoms with van der Waals surface area (Å²) in [5.41, 5.74) is 2.58. The molecule has 2 aliphatic rings. The van der Waals surface area contributed by atoms with Gasteiger partial charge in [-0.15, -0.1) is 0 Å². The van der Waals surface area contributed by atoms with E-state index in [0.29, 0.717) is 5.75 Å². The van der Waals surface area contributed by atoms with Gasteiger partial charge in [0.25, 0.3) is 5.79 Å². The highest BCUT2D eigenvalue weighted by Gasteiger charge is 2.66. The number of methoxy groups -OCH3 is 1. The largest absolute Gasteiger partial charge is 0.497 e. The van der Waals surface area contributed by atoms with E-state index < -0.39 is 23.3 Å². The third-order valence-corrected chi connectivity index (χ3v) is 7.06. The van der Waals surface area contributed by atoms with E-state index in [0.717, 1.165) is 33.6 Å². The third kappa shape index (κ3) is 3.09. The van der Waals surface area contributed by atoms with Gasteiger partial charge in [0.1, 0.15) is 11.5 Å². The quantitative estimate of drug-likeness (QED) is 0.334. The first-order valence-corrected chi connectivity index (χ1v) is 12.1. The van der Waals surface area contributed by atoms with Gasteiger partial charge in [0, 0.05) is 22.3 Å². The topological polar surface area (TPSA) is 54.0 Å². The van der Waals surface area contributed by atoms with E-state index in [1.807, 2.05) is 110 Å². The lowest BCUT2D eigenvalue weighted by Gasteiger charge is -2.36. The number of para-hydroxylation sites is 1. The molecule has 3 atom stereocenters. The van der Waals surface area contributed by atoms with Crippen LogP contribution in [0, 0.1) is 0 Å². The van der Waals surface area contributed by atoms with Crippen LogP contribution in [0.3, 0.4) is 0 Å². The summed E-state index contributed by atoms with van der Waals surface area (Å²) in [5.74, 6) is -0.928. The summed E-state index contributed by atoms with van der Waals surface area (Å²) in [4.78, 5) is 14.2. The number of carbonyl (C=O) groups is 1. The Balaban J connectivity index is 1.72. The lowest BCUT2D eigenvalue weighted by atomic mass is 9.72. The van der Waals surface area contributed by atoms with Crippen molar-refractivity contribution in [3.05, 3.63) is 131 Å². The highest BCUT2D eigenvalue weighted by atomic mass is 16.7. The van der Waals surface area contributed by atoms with Gasteiger partial charge in [-0.1, -0.05) is 84.9 Å². The Morgan fingerprint density at radius 1 is 0.833 bits per heavy atom. The minimum Gasteiger partial charge on any atom is -0.497 e. The molecule has 0 unspecified atom stereocenters. The molecule has 36 heavy (non-hydrogen) atoms. The Morgan fingerprint density at radius 3 is 2.22 bits per heavy atom. The van der Waals surface area contributed by atoms with Crippen molar-refractivity contribution in [2.75, 3.05) is 13.7 Å². The summed E-state index contributed by atoms with van der Waals surface area (Å²) in [7, 11) is 1.63. The van der Waals surface area contributed by atoms with Gasteiger partial charge in [-0.2, -0.15) is 0 Å². The zero-order chi connectivity index (χ0) is 24.8. The lowest BCUT2D eigenvalue weighted by molar-refractivity contribution is -0.228. The van der Waals surface area contributed by atoms with Crippen molar-refractivity contribution >= 4 is 5.97 Å². The predicted molar refractivity (Wildman–Crippen MR) is 135 cm³/mol. The van der Waals surface area contributed by atoms with Crippen LogP contribution in [0.5, 0.6) is 11.5 Å². The maximum Gasteiger partial charge on any atom is 0.344 e. The molecule has 0 N–H and O–H groups in total. The number of hydrogen-bond donors (Lipinski definition) is 0. The molecule has 0 aliphatic carbocycles. The number of hydrogen-bond acceptors (Lipinski definition) is 5. The molecule has 0 aromatic heterocycles. The number of esters is 1. The molecule has 0 saturated carbocycles. The Hall–Kier alpha value is -4.09. The maximum atomic E-state index is 14.2. The smallest absolute Gasteiger partial charge is 0.344 e. The van der Waals surface area contributed by atoms with Crippen molar-refractivity contribution in [3.8, 4) is 11.5 Å². The van der Waals surface area contributed by atoms with E-state index in [1.54, 1.807) is 7.11 Å². The van der Waals surface area contributed by atoms with Crippen LogP contribution in [-0.4, -0.2) is 19.7 Å². The van der Waals surface area contributed by atoms with Gasteiger partial charge in [0.05, 0.1) is 19.6 Å². The van der Waals surface area contributed by atoms with Crippen molar-refractivity contribution in [1.29, 1.82) is 0 Å². The second-order valence-corrected chi connectivity index (χ2v) is 8.93. The molecular formula is C31H26O5. The second-order valence-electron chi connectivity index (χ2n) is 8.93. The molecular weight excluding hydrogens is 452 g/mol. The minimum atomic E-state index is -1.48. The summed E-state index contributed by atoms with van der Waals surface area (Å²) in [6.45, 7) is 2.03. The average Bonchev–Trinajstić information content (AvgIpc) is 3.13. The first kappa shape index (κ1) is 22.4. The van der Waals surface area contributed by atoms with Gasteiger partial charge < -0.3 is 18.9 Å². The number of benzene rings is 4. The van der Waals surface area contributed by atoms with E-state index in [1.165, 1.54) is 0 Å². The Kier molecular flexibility index (Phi) is 5.31. The van der Waals surface area contributed by atoms with Crippen molar-refractivity contribution in [3.63, 3.8) is 0 Å². The highest BCUT2D eigenvalue weighted by molar-refractivity contribution is 5.87. The second kappa shape index (κ2) is 8.54. The van der Waals surface area contributed by atoms with Crippen molar-refractivity contribution < 1.29 is 23.7 Å².